The van der Waals surface area contributed by atoms with E-state index in [4.69, 9.17) is 0 Å². The number of benzene rings is 1. The second-order valence-electron chi connectivity index (χ2n) is 4.38. The molecule has 1 fully saturated rings. The minimum absolute atomic E-state index is 0. The summed E-state index contributed by atoms with van der Waals surface area (Å²) in [4.78, 5) is 2.47. The van der Waals surface area contributed by atoms with Crippen molar-refractivity contribution in [1.82, 2.24) is 10.2 Å². The average Bonchev–Trinajstić information content (AvgIpc) is 2.36. The zero-order chi connectivity index (χ0) is 12.3. The van der Waals surface area contributed by atoms with Crippen molar-refractivity contribution < 1.29 is 4.39 Å². The number of hydrogen-bond donors (Lipinski definition) is 1. The summed E-state index contributed by atoms with van der Waals surface area (Å²) in [5.74, 6) is -0.191. The molecule has 0 aromatic heterocycles. The summed E-state index contributed by atoms with van der Waals surface area (Å²) in [7, 11) is 0. The van der Waals surface area contributed by atoms with Crippen molar-refractivity contribution in [2.75, 3.05) is 26.2 Å². The summed E-state index contributed by atoms with van der Waals surface area (Å²) >= 11 is 3.26. The maximum atomic E-state index is 13.2. The number of hydrogen-bond acceptors (Lipinski definition) is 2. The topological polar surface area (TPSA) is 15.3 Å². The third kappa shape index (κ3) is 3.67. The number of nitrogens with zero attached hydrogens (tertiary/aromatic N) is 1. The standard InChI is InChI=1S/C13H18BrFN2.ClH/c1-2-13(17-7-5-16-6-8-17)10-3-4-12(15)11(14)9-10;/h3-4,9,13,16H,2,5-8H2,1H3;1H/t13-;/m0./s1. The molecule has 0 bridgehead atoms. The molecule has 1 aromatic rings. The largest absolute Gasteiger partial charge is 0.314 e. The number of rotatable bonds is 3. The zero-order valence-corrected chi connectivity index (χ0v) is 12.9. The van der Waals surface area contributed by atoms with Crippen LogP contribution >= 0.6 is 28.3 Å². The minimum atomic E-state index is -0.191. The Kier molecular flexibility index (Phi) is 6.57. The van der Waals surface area contributed by atoms with Crippen molar-refractivity contribution in [3.8, 4) is 0 Å². The van der Waals surface area contributed by atoms with Crippen molar-refractivity contribution in [3.63, 3.8) is 0 Å². The Hall–Kier alpha value is -0.160. The molecule has 1 aromatic carbocycles. The van der Waals surface area contributed by atoms with E-state index < -0.39 is 0 Å². The highest BCUT2D eigenvalue weighted by Crippen LogP contribution is 2.27. The van der Waals surface area contributed by atoms with Crippen LogP contribution in [0.25, 0.3) is 0 Å². The molecule has 0 aliphatic carbocycles. The van der Waals surface area contributed by atoms with E-state index in [9.17, 15) is 4.39 Å². The van der Waals surface area contributed by atoms with Gasteiger partial charge in [0, 0.05) is 32.2 Å². The van der Waals surface area contributed by atoms with E-state index in [0.29, 0.717) is 10.5 Å². The first-order valence-electron chi connectivity index (χ1n) is 6.12. The normalized spacial score (nSPS) is 18.2. The lowest BCUT2D eigenvalue weighted by Gasteiger charge is -2.34. The van der Waals surface area contributed by atoms with Gasteiger partial charge >= 0.3 is 0 Å². The molecule has 1 heterocycles. The molecule has 1 aliphatic rings. The van der Waals surface area contributed by atoms with E-state index in [-0.39, 0.29) is 18.2 Å². The van der Waals surface area contributed by atoms with Crippen molar-refractivity contribution in [1.29, 1.82) is 0 Å². The van der Waals surface area contributed by atoms with E-state index in [2.05, 4.69) is 33.1 Å². The highest BCUT2D eigenvalue weighted by molar-refractivity contribution is 9.10. The van der Waals surface area contributed by atoms with Gasteiger partial charge in [-0.15, -0.1) is 12.4 Å². The lowest BCUT2D eigenvalue weighted by atomic mass is 10.0. The molecule has 0 saturated carbocycles. The molecule has 1 aliphatic heterocycles. The van der Waals surface area contributed by atoms with Gasteiger partial charge in [0.1, 0.15) is 5.82 Å². The molecule has 0 amide bonds. The Morgan fingerprint density at radius 3 is 2.61 bits per heavy atom. The van der Waals surface area contributed by atoms with Gasteiger partial charge in [-0.05, 0) is 40.0 Å². The van der Waals surface area contributed by atoms with Crippen LogP contribution in [-0.2, 0) is 0 Å². The van der Waals surface area contributed by atoms with E-state index in [1.165, 1.54) is 5.56 Å². The van der Waals surface area contributed by atoms with Gasteiger partial charge in [-0.2, -0.15) is 0 Å². The summed E-state index contributed by atoms with van der Waals surface area (Å²) in [5, 5.41) is 3.35. The van der Waals surface area contributed by atoms with E-state index in [0.717, 1.165) is 32.6 Å². The first-order chi connectivity index (χ1) is 8.22. The lowest BCUT2D eigenvalue weighted by molar-refractivity contribution is 0.169. The Morgan fingerprint density at radius 2 is 2.06 bits per heavy atom. The van der Waals surface area contributed by atoms with Crippen molar-refractivity contribution in [2.24, 2.45) is 0 Å². The molecule has 0 unspecified atom stereocenters. The van der Waals surface area contributed by atoms with Gasteiger partial charge in [-0.25, -0.2) is 4.39 Å². The molecule has 1 N–H and O–H groups in total. The average molecular weight is 338 g/mol. The third-order valence-electron chi connectivity index (χ3n) is 3.31. The molecule has 18 heavy (non-hydrogen) atoms. The molecule has 1 saturated heterocycles. The Balaban J connectivity index is 0.00000162. The molecular formula is C13H19BrClFN2. The molecule has 0 radical (unpaired) electrons. The fourth-order valence-corrected chi connectivity index (χ4v) is 2.81. The quantitative estimate of drug-likeness (QED) is 0.910. The van der Waals surface area contributed by atoms with Crippen LogP contribution in [0.15, 0.2) is 22.7 Å². The van der Waals surface area contributed by atoms with Crippen LogP contribution in [0.4, 0.5) is 4.39 Å². The van der Waals surface area contributed by atoms with Gasteiger partial charge in [0.05, 0.1) is 4.47 Å². The summed E-state index contributed by atoms with van der Waals surface area (Å²) in [6.07, 6.45) is 1.05. The maximum Gasteiger partial charge on any atom is 0.137 e. The summed E-state index contributed by atoms with van der Waals surface area (Å²) < 4.78 is 13.8. The van der Waals surface area contributed by atoms with Crippen LogP contribution in [0.5, 0.6) is 0 Å². The molecule has 102 valence electrons. The molecule has 2 nitrogen and oxygen atoms in total. The molecule has 2 rings (SSSR count). The maximum absolute atomic E-state index is 13.2. The van der Waals surface area contributed by atoms with Gasteiger partial charge in [0.15, 0.2) is 0 Å². The van der Waals surface area contributed by atoms with E-state index in [1.54, 1.807) is 6.07 Å². The summed E-state index contributed by atoms with van der Waals surface area (Å²) in [6.45, 7) is 6.39. The molecule has 5 heteroatoms. The van der Waals surface area contributed by atoms with Gasteiger partial charge in [-0.3, -0.25) is 4.90 Å². The van der Waals surface area contributed by atoms with Gasteiger partial charge in [-0.1, -0.05) is 13.0 Å². The van der Waals surface area contributed by atoms with Crippen molar-refractivity contribution in [2.45, 2.75) is 19.4 Å². The minimum Gasteiger partial charge on any atom is -0.314 e. The van der Waals surface area contributed by atoms with Crippen LogP contribution in [0, 0.1) is 5.82 Å². The SMILES string of the molecule is CC[C@@H](c1ccc(F)c(Br)c1)N1CCNCC1.Cl. The summed E-state index contributed by atoms with van der Waals surface area (Å²) in [5.41, 5.74) is 1.20. The predicted octanol–water partition coefficient (Wildman–Crippen LogP) is 3.37. The fraction of sp³-hybridized carbons (Fsp3) is 0.538. The third-order valence-corrected chi connectivity index (χ3v) is 3.92. The Morgan fingerprint density at radius 1 is 1.39 bits per heavy atom. The predicted molar refractivity (Wildman–Crippen MR) is 78.8 cm³/mol. The molecule has 1 atom stereocenters. The smallest absolute Gasteiger partial charge is 0.137 e. The first-order valence-corrected chi connectivity index (χ1v) is 6.91. The summed E-state index contributed by atoms with van der Waals surface area (Å²) in [6, 6.07) is 5.75. The van der Waals surface area contributed by atoms with Gasteiger partial charge in [0.2, 0.25) is 0 Å². The van der Waals surface area contributed by atoms with Crippen LogP contribution in [-0.4, -0.2) is 31.1 Å². The van der Waals surface area contributed by atoms with Gasteiger partial charge < -0.3 is 5.32 Å². The number of piperazine rings is 1. The number of nitrogens with one attached hydrogen (secondary N) is 1. The zero-order valence-electron chi connectivity index (χ0n) is 10.5. The molecule has 0 spiro atoms. The lowest BCUT2D eigenvalue weighted by Crippen LogP contribution is -2.45. The van der Waals surface area contributed by atoms with Crippen molar-refractivity contribution in [3.05, 3.63) is 34.1 Å². The number of halogens is 3. The Labute approximate surface area is 122 Å². The van der Waals surface area contributed by atoms with Crippen LogP contribution < -0.4 is 5.32 Å². The van der Waals surface area contributed by atoms with Crippen molar-refractivity contribution >= 4 is 28.3 Å². The highest BCUT2D eigenvalue weighted by Gasteiger charge is 2.20. The van der Waals surface area contributed by atoms with E-state index >= 15 is 0 Å². The Bertz CT molecular complexity index is 383. The fourth-order valence-electron chi connectivity index (χ4n) is 2.42. The second-order valence-corrected chi connectivity index (χ2v) is 5.24. The van der Waals surface area contributed by atoms with Crippen LogP contribution in [0.2, 0.25) is 0 Å². The molecular weight excluding hydrogens is 319 g/mol. The first kappa shape index (κ1) is 15.9. The van der Waals surface area contributed by atoms with Gasteiger partial charge in [0.25, 0.3) is 0 Å². The highest BCUT2D eigenvalue weighted by atomic mass is 79.9. The van der Waals surface area contributed by atoms with Crippen LogP contribution in [0.3, 0.4) is 0 Å². The second kappa shape index (κ2) is 7.43. The van der Waals surface area contributed by atoms with Crippen LogP contribution in [0.1, 0.15) is 24.9 Å². The monoisotopic (exact) mass is 336 g/mol. The van der Waals surface area contributed by atoms with E-state index in [1.807, 2.05) is 12.1 Å².